The van der Waals surface area contributed by atoms with Crippen LogP contribution < -0.4 is 16.0 Å². The van der Waals surface area contributed by atoms with Crippen molar-refractivity contribution in [3.63, 3.8) is 0 Å². The second kappa shape index (κ2) is 8.33. The molecule has 128 valence electrons. The van der Waals surface area contributed by atoms with Crippen molar-refractivity contribution in [3.05, 3.63) is 42.5 Å². The molecule has 0 saturated heterocycles. The predicted molar refractivity (Wildman–Crippen MR) is 97.0 cm³/mol. The second-order valence-electron chi connectivity index (χ2n) is 5.47. The van der Waals surface area contributed by atoms with Gasteiger partial charge < -0.3 is 26.2 Å². The highest BCUT2D eigenvalue weighted by Gasteiger charge is 2.13. The molecule has 0 unspecified atom stereocenters. The molecule has 6 nitrogen and oxygen atoms in total. The molecule has 0 bridgehead atoms. The van der Waals surface area contributed by atoms with Crippen molar-refractivity contribution >= 4 is 23.0 Å². The van der Waals surface area contributed by atoms with Crippen molar-refractivity contribution in [2.45, 2.75) is 6.92 Å². The Kier molecular flexibility index (Phi) is 6.17. The Morgan fingerprint density at radius 2 is 1.83 bits per heavy atom. The first kappa shape index (κ1) is 17.8. The van der Waals surface area contributed by atoms with E-state index in [2.05, 4.69) is 5.32 Å². The van der Waals surface area contributed by atoms with Gasteiger partial charge in [-0.15, -0.1) is 0 Å². The summed E-state index contributed by atoms with van der Waals surface area (Å²) in [6.45, 7) is 2.24. The van der Waals surface area contributed by atoms with E-state index in [0.717, 1.165) is 16.8 Å². The first-order valence-corrected chi connectivity index (χ1v) is 7.79. The van der Waals surface area contributed by atoms with Crippen LogP contribution in [0, 0.1) is 0 Å². The average molecular weight is 329 g/mol. The lowest BCUT2D eigenvalue weighted by molar-refractivity contribution is -0.114. The van der Waals surface area contributed by atoms with Crippen LogP contribution in [0.25, 0.3) is 11.1 Å². The van der Waals surface area contributed by atoms with Crippen LogP contribution in [0.1, 0.15) is 6.92 Å². The highest BCUT2D eigenvalue weighted by Crippen LogP contribution is 2.34. The number of anilines is 3. The van der Waals surface area contributed by atoms with Crippen LogP contribution in [0.3, 0.4) is 0 Å². The Labute approximate surface area is 141 Å². The van der Waals surface area contributed by atoms with Crippen molar-refractivity contribution in [2.24, 2.45) is 0 Å². The second-order valence-corrected chi connectivity index (χ2v) is 5.47. The molecule has 0 heterocycles. The summed E-state index contributed by atoms with van der Waals surface area (Å²) in [6, 6.07) is 13.0. The summed E-state index contributed by atoms with van der Waals surface area (Å²) in [5, 5.41) is 21.3. The van der Waals surface area contributed by atoms with E-state index in [1.165, 1.54) is 6.92 Å². The van der Waals surface area contributed by atoms with E-state index in [0.29, 0.717) is 24.5 Å². The van der Waals surface area contributed by atoms with Crippen molar-refractivity contribution in [1.82, 2.24) is 0 Å². The molecule has 2 rings (SSSR count). The van der Waals surface area contributed by atoms with E-state index in [9.17, 15) is 15.0 Å². The molecule has 0 spiro atoms. The molecule has 6 heteroatoms. The Balaban J connectivity index is 2.48. The van der Waals surface area contributed by atoms with Gasteiger partial charge in [0, 0.05) is 42.6 Å². The predicted octanol–water partition coefficient (Wildman–Crippen LogP) is 1.69. The van der Waals surface area contributed by atoms with Crippen LogP contribution >= 0.6 is 0 Å². The standard InChI is InChI=1S/C18H23N3O3/c1-13(24)20-16-4-2-3-14(11-16)17-12-15(19)5-6-18(17)21(7-9-22)8-10-23/h2-6,11-12,22-23H,7-10,19H2,1H3,(H,20,24). The van der Waals surface area contributed by atoms with Gasteiger partial charge in [-0.1, -0.05) is 12.1 Å². The smallest absolute Gasteiger partial charge is 0.221 e. The zero-order valence-electron chi connectivity index (χ0n) is 13.7. The molecule has 0 saturated carbocycles. The number of nitrogens with one attached hydrogen (secondary N) is 1. The van der Waals surface area contributed by atoms with Gasteiger partial charge in [-0.25, -0.2) is 0 Å². The maximum Gasteiger partial charge on any atom is 0.221 e. The largest absolute Gasteiger partial charge is 0.399 e. The van der Waals surface area contributed by atoms with E-state index in [1.807, 2.05) is 41.3 Å². The Bertz CT molecular complexity index is 698. The van der Waals surface area contributed by atoms with Crippen LogP contribution in [0.4, 0.5) is 17.1 Å². The zero-order chi connectivity index (χ0) is 17.5. The highest BCUT2D eigenvalue weighted by molar-refractivity contribution is 5.90. The summed E-state index contributed by atoms with van der Waals surface area (Å²) >= 11 is 0. The summed E-state index contributed by atoms with van der Waals surface area (Å²) in [5.74, 6) is -0.137. The lowest BCUT2D eigenvalue weighted by atomic mass is 10.0. The van der Waals surface area contributed by atoms with Gasteiger partial charge >= 0.3 is 0 Å². The topological polar surface area (TPSA) is 98.8 Å². The molecule has 0 radical (unpaired) electrons. The average Bonchev–Trinajstić information content (AvgIpc) is 2.54. The number of nitrogens with zero attached hydrogens (tertiary/aromatic N) is 1. The quantitative estimate of drug-likeness (QED) is 0.579. The number of benzene rings is 2. The van der Waals surface area contributed by atoms with Crippen molar-refractivity contribution < 1.29 is 15.0 Å². The molecule has 0 fully saturated rings. The fraction of sp³-hybridized carbons (Fsp3) is 0.278. The van der Waals surface area contributed by atoms with Gasteiger partial charge in [0.15, 0.2) is 0 Å². The minimum Gasteiger partial charge on any atom is -0.399 e. The summed E-state index contributed by atoms with van der Waals surface area (Å²) in [6.07, 6.45) is 0. The van der Waals surface area contributed by atoms with Gasteiger partial charge in [-0.3, -0.25) is 4.79 Å². The van der Waals surface area contributed by atoms with Crippen LogP contribution in [-0.2, 0) is 4.79 Å². The molecule has 0 aromatic heterocycles. The Morgan fingerprint density at radius 3 is 2.46 bits per heavy atom. The third-order valence-corrected chi connectivity index (χ3v) is 3.60. The SMILES string of the molecule is CC(=O)Nc1cccc(-c2cc(N)ccc2N(CCO)CCO)c1. The molecule has 24 heavy (non-hydrogen) atoms. The van der Waals surface area contributed by atoms with E-state index in [1.54, 1.807) is 6.07 Å². The number of carbonyl (C=O) groups excluding carboxylic acids is 1. The van der Waals surface area contributed by atoms with Crippen molar-refractivity contribution in [2.75, 3.05) is 42.3 Å². The van der Waals surface area contributed by atoms with Gasteiger partial charge in [-0.05, 0) is 35.9 Å². The summed E-state index contributed by atoms with van der Waals surface area (Å²) in [7, 11) is 0. The molecule has 1 amide bonds. The molecular formula is C18H23N3O3. The molecule has 0 aliphatic heterocycles. The van der Waals surface area contributed by atoms with Crippen molar-refractivity contribution in [1.29, 1.82) is 0 Å². The van der Waals surface area contributed by atoms with Crippen LogP contribution in [0.5, 0.6) is 0 Å². The molecular weight excluding hydrogens is 306 g/mol. The van der Waals surface area contributed by atoms with Crippen molar-refractivity contribution in [3.8, 4) is 11.1 Å². The number of aliphatic hydroxyl groups excluding tert-OH is 2. The number of hydrogen-bond acceptors (Lipinski definition) is 5. The van der Waals surface area contributed by atoms with Gasteiger partial charge in [0.05, 0.1) is 13.2 Å². The number of nitrogen functional groups attached to an aromatic ring is 1. The van der Waals surface area contributed by atoms with E-state index >= 15 is 0 Å². The fourth-order valence-electron chi connectivity index (χ4n) is 2.62. The maximum absolute atomic E-state index is 11.3. The zero-order valence-corrected chi connectivity index (χ0v) is 13.7. The number of carbonyl (C=O) groups is 1. The summed E-state index contributed by atoms with van der Waals surface area (Å²) in [5.41, 5.74) is 9.90. The van der Waals surface area contributed by atoms with Gasteiger partial charge in [0.25, 0.3) is 0 Å². The third-order valence-electron chi connectivity index (χ3n) is 3.60. The van der Waals surface area contributed by atoms with E-state index in [4.69, 9.17) is 5.73 Å². The molecule has 2 aromatic rings. The molecule has 2 aromatic carbocycles. The van der Waals surface area contributed by atoms with Crippen LogP contribution in [0.15, 0.2) is 42.5 Å². The number of amides is 1. The first-order chi connectivity index (χ1) is 11.5. The molecule has 5 N–H and O–H groups in total. The summed E-state index contributed by atoms with van der Waals surface area (Å²) in [4.78, 5) is 13.2. The number of rotatable bonds is 7. The van der Waals surface area contributed by atoms with E-state index < -0.39 is 0 Å². The maximum atomic E-state index is 11.3. The number of aliphatic hydroxyl groups is 2. The highest BCUT2D eigenvalue weighted by atomic mass is 16.3. The van der Waals surface area contributed by atoms with Crippen LogP contribution in [0.2, 0.25) is 0 Å². The van der Waals surface area contributed by atoms with E-state index in [-0.39, 0.29) is 19.1 Å². The Morgan fingerprint density at radius 1 is 1.12 bits per heavy atom. The minimum atomic E-state index is -0.137. The number of hydrogen-bond donors (Lipinski definition) is 4. The van der Waals surface area contributed by atoms with Gasteiger partial charge in [-0.2, -0.15) is 0 Å². The van der Waals surface area contributed by atoms with Gasteiger partial charge in [0.1, 0.15) is 0 Å². The molecule has 0 aliphatic rings. The lowest BCUT2D eigenvalue weighted by Gasteiger charge is -2.26. The Hall–Kier alpha value is -2.57. The van der Waals surface area contributed by atoms with Crippen LogP contribution in [-0.4, -0.2) is 42.4 Å². The molecule has 0 aliphatic carbocycles. The third kappa shape index (κ3) is 4.47. The fourth-order valence-corrected chi connectivity index (χ4v) is 2.62. The monoisotopic (exact) mass is 329 g/mol. The first-order valence-electron chi connectivity index (χ1n) is 7.79. The summed E-state index contributed by atoms with van der Waals surface area (Å²) < 4.78 is 0. The van der Waals surface area contributed by atoms with Gasteiger partial charge in [0.2, 0.25) is 5.91 Å². The normalized spacial score (nSPS) is 10.5. The lowest BCUT2D eigenvalue weighted by Crippen LogP contribution is -2.30. The minimum absolute atomic E-state index is 0.0181. The number of nitrogens with two attached hydrogens (primary N) is 1. The molecule has 0 atom stereocenters.